The van der Waals surface area contributed by atoms with Gasteiger partial charge in [-0.2, -0.15) is 0 Å². The van der Waals surface area contributed by atoms with Gasteiger partial charge in [-0.05, 0) is 37.8 Å². The number of carbonyl (C=O) groups excluding carboxylic acids is 1. The quantitative estimate of drug-likeness (QED) is 0.497. The van der Waals surface area contributed by atoms with Gasteiger partial charge < -0.3 is 9.88 Å². The van der Waals surface area contributed by atoms with Crippen LogP contribution >= 0.6 is 0 Å². The molecule has 5 rings (SSSR count). The smallest absolute Gasteiger partial charge is 0.281 e. The Balaban J connectivity index is 1.30. The van der Waals surface area contributed by atoms with E-state index in [2.05, 4.69) is 15.3 Å². The summed E-state index contributed by atoms with van der Waals surface area (Å²) in [4.78, 5) is 35.3. The number of aromatic nitrogens is 5. The van der Waals surface area contributed by atoms with Crippen LogP contribution in [0, 0.1) is 6.92 Å². The molecule has 8 heteroatoms. The number of carbonyl (C=O) groups is 1. The number of fused-ring (bicyclic) bond motifs is 1. The summed E-state index contributed by atoms with van der Waals surface area (Å²) in [6.07, 6.45) is 1.50. The number of piperidine rings is 1. The lowest BCUT2D eigenvalue weighted by molar-refractivity contribution is -0.133. The highest BCUT2D eigenvalue weighted by molar-refractivity contribution is 5.83. The Morgan fingerprint density at radius 3 is 2.50 bits per heavy atom. The summed E-state index contributed by atoms with van der Waals surface area (Å²) in [5, 5.41) is 8.20. The van der Waals surface area contributed by atoms with Gasteiger partial charge in [-0.25, -0.2) is 9.67 Å². The first-order valence-corrected chi connectivity index (χ1v) is 11.7. The molecule has 1 saturated heterocycles. The summed E-state index contributed by atoms with van der Waals surface area (Å²) in [7, 11) is 0. The molecule has 34 heavy (non-hydrogen) atoms. The van der Waals surface area contributed by atoms with Crippen molar-refractivity contribution in [1.29, 1.82) is 0 Å². The van der Waals surface area contributed by atoms with E-state index in [1.807, 2.05) is 73.3 Å². The molecule has 1 fully saturated rings. The Morgan fingerprint density at radius 1 is 1.09 bits per heavy atom. The zero-order valence-electron chi connectivity index (χ0n) is 19.4. The summed E-state index contributed by atoms with van der Waals surface area (Å²) in [6, 6.07) is 18.0. The van der Waals surface area contributed by atoms with E-state index in [9.17, 15) is 9.59 Å². The van der Waals surface area contributed by atoms with Gasteiger partial charge in [-0.3, -0.25) is 9.59 Å². The number of aromatic amines is 1. The van der Waals surface area contributed by atoms with E-state index in [0.29, 0.717) is 31.1 Å². The molecule has 4 aromatic rings. The van der Waals surface area contributed by atoms with Gasteiger partial charge in [0.25, 0.3) is 5.56 Å². The minimum atomic E-state index is -0.272. The van der Waals surface area contributed by atoms with E-state index in [-0.39, 0.29) is 28.8 Å². The molecule has 0 radical (unpaired) electrons. The lowest BCUT2D eigenvalue weighted by Gasteiger charge is -2.33. The summed E-state index contributed by atoms with van der Waals surface area (Å²) in [6.45, 7) is 5.79. The second kappa shape index (κ2) is 9.21. The third-order valence-corrected chi connectivity index (χ3v) is 6.71. The molecule has 2 aromatic carbocycles. The minimum Gasteiger partial charge on any atom is -0.342 e. The van der Waals surface area contributed by atoms with Gasteiger partial charge in [0, 0.05) is 19.0 Å². The van der Waals surface area contributed by atoms with Gasteiger partial charge in [0.05, 0.1) is 12.5 Å². The van der Waals surface area contributed by atoms with Gasteiger partial charge >= 0.3 is 0 Å². The molecule has 1 N–H and O–H groups in total. The number of rotatable bonds is 5. The molecule has 1 aliphatic rings. The predicted octanol–water partition coefficient (Wildman–Crippen LogP) is 3.38. The van der Waals surface area contributed by atoms with Crippen molar-refractivity contribution in [2.24, 2.45) is 0 Å². The fraction of sp³-hybridized carbons (Fsp3) is 0.346. The number of hydrogen-bond acceptors (Lipinski definition) is 5. The molecule has 0 spiro atoms. The maximum absolute atomic E-state index is 13.1. The number of hydrogen-bond donors (Lipinski definition) is 1. The number of aryl methyl sites for hydroxylation is 1. The second-order valence-electron chi connectivity index (χ2n) is 9.09. The van der Waals surface area contributed by atoms with Crippen molar-refractivity contribution < 1.29 is 4.79 Å². The van der Waals surface area contributed by atoms with Crippen LogP contribution in [0.15, 0.2) is 59.4 Å². The third-order valence-electron chi connectivity index (χ3n) is 6.71. The zero-order valence-corrected chi connectivity index (χ0v) is 19.4. The maximum Gasteiger partial charge on any atom is 0.281 e. The Hall–Kier alpha value is -3.81. The van der Waals surface area contributed by atoms with E-state index in [1.165, 1.54) is 5.56 Å². The average molecular weight is 457 g/mol. The molecular weight excluding hydrogens is 428 g/mol. The monoisotopic (exact) mass is 456 g/mol. The van der Waals surface area contributed by atoms with Crippen molar-refractivity contribution in [2.75, 3.05) is 13.1 Å². The Labute approximate surface area is 197 Å². The van der Waals surface area contributed by atoms with Crippen LogP contribution in [0.5, 0.6) is 0 Å². The highest BCUT2D eigenvalue weighted by Gasteiger charge is 2.29. The van der Waals surface area contributed by atoms with E-state index < -0.39 is 0 Å². The molecule has 3 heterocycles. The lowest BCUT2D eigenvalue weighted by Crippen LogP contribution is -2.40. The standard InChI is InChI=1S/C26H28N6O2/c1-17-8-10-20(11-9-17)18(2)26(34)31-14-12-21(13-15-31)23-27-24-22(25(33)28-23)29-30-32(24)16-19-6-4-3-5-7-19/h3-11,18,21H,12-16H2,1-2H3,(H,27,28,33)/t18-/m1/s1. The number of benzene rings is 2. The SMILES string of the molecule is Cc1ccc([C@@H](C)C(=O)N2CCC(c3nc4c(nnn4Cc4ccccc4)c(=O)[nH]3)CC2)cc1. The highest BCUT2D eigenvalue weighted by atomic mass is 16.2. The third kappa shape index (κ3) is 4.35. The molecule has 0 aliphatic carbocycles. The van der Waals surface area contributed by atoms with Crippen LogP contribution in [0.1, 0.15) is 54.1 Å². The summed E-state index contributed by atoms with van der Waals surface area (Å²) in [5.41, 5.74) is 3.75. The number of nitrogens with one attached hydrogen (secondary N) is 1. The largest absolute Gasteiger partial charge is 0.342 e. The molecule has 1 amide bonds. The summed E-state index contributed by atoms with van der Waals surface area (Å²) in [5.74, 6) is 0.692. The van der Waals surface area contributed by atoms with E-state index in [0.717, 1.165) is 24.0 Å². The van der Waals surface area contributed by atoms with Crippen molar-refractivity contribution in [1.82, 2.24) is 29.9 Å². The van der Waals surface area contributed by atoms with Crippen molar-refractivity contribution in [2.45, 2.75) is 45.1 Å². The molecule has 0 bridgehead atoms. The number of H-pyrrole nitrogens is 1. The minimum absolute atomic E-state index is 0.0795. The van der Waals surface area contributed by atoms with Crippen molar-refractivity contribution in [3.05, 3.63) is 87.5 Å². The number of amides is 1. The fourth-order valence-corrected chi connectivity index (χ4v) is 4.58. The highest BCUT2D eigenvalue weighted by Crippen LogP contribution is 2.28. The predicted molar refractivity (Wildman–Crippen MR) is 130 cm³/mol. The van der Waals surface area contributed by atoms with Crippen molar-refractivity contribution in [3.8, 4) is 0 Å². The van der Waals surface area contributed by atoms with Crippen LogP contribution in [-0.2, 0) is 11.3 Å². The van der Waals surface area contributed by atoms with Gasteiger partial charge in [0.1, 0.15) is 5.82 Å². The Bertz CT molecular complexity index is 1350. The molecule has 1 aliphatic heterocycles. The first kappa shape index (κ1) is 22.0. The molecule has 0 saturated carbocycles. The zero-order chi connectivity index (χ0) is 23.7. The second-order valence-corrected chi connectivity index (χ2v) is 9.09. The van der Waals surface area contributed by atoms with E-state index in [4.69, 9.17) is 4.98 Å². The Morgan fingerprint density at radius 2 is 1.79 bits per heavy atom. The topological polar surface area (TPSA) is 96.8 Å². The van der Waals surface area contributed by atoms with Crippen LogP contribution in [0.2, 0.25) is 0 Å². The average Bonchev–Trinajstić information content (AvgIpc) is 3.27. The fourth-order valence-electron chi connectivity index (χ4n) is 4.58. The van der Waals surface area contributed by atoms with Gasteiger partial charge in [0.15, 0.2) is 11.2 Å². The molecule has 8 nitrogen and oxygen atoms in total. The van der Waals surface area contributed by atoms with Crippen LogP contribution in [0.4, 0.5) is 0 Å². The number of likely N-dealkylation sites (tertiary alicyclic amines) is 1. The van der Waals surface area contributed by atoms with E-state index in [1.54, 1.807) is 4.68 Å². The van der Waals surface area contributed by atoms with Crippen LogP contribution in [0.25, 0.3) is 11.2 Å². The maximum atomic E-state index is 13.1. The summed E-state index contributed by atoms with van der Waals surface area (Å²) < 4.78 is 1.67. The summed E-state index contributed by atoms with van der Waals surface area (Å²) >= 11 is 0. The van der Waals surface area contributed by atoms with Crippen molar-refractivity contribution >= 4 is 17.1 Å². The first-order chi connectivity index (χ1) is 16.5. The van der Waals surface area contributed by atoms with Gasteiger partial charge in [-0.15, -0.1) is 5.10 Å². The van der Waals surface area contributed by atoms with E-state index >= 15 is 0 Å². The Kier molecular flexibility index (Phi) is 5.96. The van der Waals surface area contributed by atoms with Gasteiger partial charge in [0.2, 0.25) is 5.91 Å². The molecule has 174 valence electrons. The number of nitrogens with zero attached hydrogens (tertiary/aromatic N) is 5. The first-order valence-electron chi connectivity index (χ1n) is 11.7. The molecule has 1 atom stereocenters. The van der Waals surface area contributed by atoms with Crippen LogP contribution in [0.3, 0.4) is 0 Å². The van der Waals surface area contributed by atoms with Gasteiger partial charge in [-0.1, -0.05) is 65.4 Å². The normalized spacial score (nSPS) is 15.5. The van der Waals surface area contributed by atoms with Crippen molar-refractivity contribution in [3.63, 3.8) is 0 Å². The molecular formula is C26H28N6O2. The molecule has 0 unspecified atom stereocenters. The lowest BCUT2D eigenvalue weighted by atomic mass is 9.93. The van der Waals surface area contributed by atoms with Crippen LogP contribution in [-0.4, -0.2) is 48.9 Å². The molecule has 2 aromatic heterocycles. The van der Waals surface area contributed by atoms with Crippen LogP contribution < -0.4 is 5.56 Å².